The summed E-state index contributed by atoms with van der Waals surface area (Å²) < 4.78 is 4.90. The van der Waals surface area contributed by atoms with E-state index in [9.17, 15) is 14.4 Å². The summed E-state index contributed by atoms with van der Waals surface area (Å²) in [5.74, 6) is -1.26. The van der Waals surface area contributed by atoms with Gasteiger partial charge < -0.3 is 24.5 Å². The van der Waals surface area contributed by atoms with E-state index in [4.69, 9.17) is 9.84 Å². The maximum atomic E-state index is 12.6. The van der Waals surface area contributed by atoms with Gasteiger partial charge in [0.1, 0.15) is 12.1 Å². The topological polar surface area (TPSA) is 90.4 Å². The zero-order valence-corrected chi connectivity index (χ0v) is 13.0. The molecule has 21 heavy (non-hydrogen) atoms. The number of rotatable bonds is 5. The number of methoxy groups -OCH3 is 1. The smallest absolute Gasteiger partial charge is 0.323 e. The quantitative estimate of drug-likeness (QED) is 0.752. The van der Waals surface area contributed by atoms with Crippen molar-refractivity contribution in [3.63, 3.8) is 0 Å². The normalized spacial score (nSPS) is 17.8. The largest absolute Gasteiger partial charge is 0.480 e. The van der Waals surface area contributed by atoms with Crippen LogP contribution in [-0.4, -0.2) is 90.2 Å². The fourth-order valence-corrected chi connectivity index (χ4v) is 2.33. The molecule has 1 aliphatic rings. The number of amides is 3. The molecule has 0 radical (unpaired) electrons. The van der Waals surface area contributed by atoms with E-state index in [1.165, 1.54) is 16.9 Å². The number of carbonyl (C=O) groups is 3. The first-order chi connectivity index (χ1) is 9.71. The van der Waals surface area contributed by atoms with Gasteiger partial charge in [0.05, 0.1) is 6.61 Å². The summed E-state index contributed by atoms with van der Waals surface area (Å²) in [4.78, 5) is 39.9. The van der Waals surface area contributed by atoms with Crippen molar-refractivity contribution < 1.29 is 24.2 Å². The number of carbonyl (C=O) groups excluding carboxylic acids is 2. The highest BCUT2D eigenvalue weighted by Crippen LogP contribution is 2.23. The minimum Gasteiger partial charge on any atom is -0.480 e. The van der Waals surface area contributed by atoms with Crippen molar-refractivity contribution in [2.75, 3.05) is 46.9 Å². The summed E-state index contributed by atoms with van der Waals surface area (Å²) in [5.41, 5.74) is -0.992. The third kappa shape index (κ3) is 3.84. The molecule has 120 valence electrons. The van der Waals surface area contributed by atoms with Gasteiger partial charge in [0, 0.05) is 33.8 Å². The van der Waals surface area contributed by atoms with Gasteiger partial charge in [0.2, 0.25) is 5.91 Å². The number of ether oxygens (including phenoxy) is 1. The minimum atomic E-state index is -1.10. The van der Waals surface area contributed by atoms with Crippen molar-refractivity contribution in [1.29, 1.82) is 0 Å². The standard InChI is InChI=1S/C13H23N3O5/c1-13(2)11(19)14(3)5-6-16(13)12(20)15(7-8-21-4)9-10(17)18/h5-9H2,1-4H3,(H,17,18). The number of likely N-dealkylation sites (N-methyl/N-ethyl adjacent to an activating group) is 1. The number of hydrogen-bond acceptors (Lipinski definition) is 4. The maximum absolute atomic E-state index is 12.6. The fourth-order valence-electron chi connectivity index (χ4n) is 2.33. The molecule has 1 saturated heterocycles. The Kier molecular flexibility index (Phi) is 5.54. The van der Waals surface area contributed by atoms with Crippen molar-refractivity contribution in [1.82, 2.24) is 14.7 Å². The van der Waals surface area contributed by atoms with Crippen molar-refractivity contribution in [2.45, 2.75) is 19.4 Å². The zero-order chi connectivity index (χ0) is 16.2. The van der Waals surface area contributed by atoms with E-state index in [-0.39, 0.29) is 19.1 Å². The Morgan fingerprint density at radius 1 is 1.38 bits per heavy atom. The predicted molar refractivity (Wildman–Crippen MR) is 74.9 cm³/mol. The van der Waals surface area contributed by atoms with Gasteiger partial charge in [-0.15, -0.1) is 0 Å². The number of aliphatic carboxylic acids is 1. The first-order valence-corrected chi connectivity index (χ1v) is 6.74. The van der Waals surface area contributed by atoms with Crippen LogP contribution >= 0.6 is 0 Å². The van der Waals surface area contributed by atoms with Crippen LogP contribution in [0.5, 0.6) is 0 Å². The van der Waals surface area contributed by atoms with E-state index in [1.54, 1.807) is 25.8 Å². The van der Waals surface area contributed by atoms with Crippen LogP contribution in [0.1, 0.15) is 13.8 Å². The lowest BCUT2D eigenvalue weighted by Gasteiger charge is -2.46. The number of carboxylic acids is 1. The van der Waals surface area contributed by atoms with Gasteiger partial charge in [-0.1, -0.05) is 0 Å². The Morgan fingerprint density at radius 3 is 2.52 bits per heavy atom. The molecule has 1 fully saturated rings. The average Bonchev–Trinajstić information content (AvgIpc) is 2.40. The molecule has 8 heteroatoms. The van der Waals surface area contributed by atoms with Crippen LogP contribution in [0.2, 0.25) is 0 Å². The second kappa shape index (κ2) is 6.75. The number of urea groups is 1. The summed E-state index contributed by atoms with van der Waals surface area (Å²) in [6.45, 7) is 4.12. The number of hydrogen-bond donors (Lipinski definition) is 1. The van der Waals surface area contributed by atoms with Crippen LogP contribution in [0.3, 0.4) is 0 Å². The van der Waals surface area contributed by atoms with Gasteiger partial charge in [-0.3, -0.25) is 9.59 Å². The molecule has 1 N–H and O–H groups in total. The van der Waals surface area contributed by atoms with Crippen LogP contribution < -0.4 is 0 Å². The molecule has 1 aliphatic heterocycles. The monoisotopic (exact) mass is 301 g/mol. The molecule has 0 atom stereocenters. The first-order valence-electron chi connectivity index (χ1n) is 6.74. The van der Waals surface area contributed by atoms with Crippen LogP contribution in [0, 0.1) is 0 Å². The number of nitrogens with zero attached hydrogens (tertiary/aromatic N) is 3. The van der Waals surface area contributed by atoms with Crippen LogP contribution in [-0.2, 0) is 14.3 Å². The molecule has 0 bridgehead atoms. The van der Waals surface area contributed by atoms with Crippen molar-refractivity contribution in [3.8, 4) is 0 Å². The van der Waals surface area contributed by atoms with Gasteiger partial charge >= 0.3 is 12.0 Å². The lowest BCUT2D eigenvalue weighted by Crippen LogP contribution is -2.66. The summed E-state index contributed by atoms with van der Waals surface area (Å²) in [5, 5.41) is 8.93. The zero-order valence-electron chi connectivity index (χ0n) is 13.0. The Bertz CT molecular complexity index is 424. The maximum Gasteiger partial charge on any atom is 0.323 e. The molecule has 1 heterocycles. The van der Waals surface area contributed by atoms with Gasteiger partial charge in [0.15, 0.2) is 0 Å². The molecule has 1 rings (SSSR count). The molecule has 8 nitrogen and oxygen atoms in total. The minimum absolute atomic E-state index is 0.163. The Hall–Kier alpha value is -1.83. The number of carboxylic acid groups (broad SMARTS) is 1. The van der Waals surface area contributed by atoms with Crippen molar-refractivity contribution in [3.05, 3.63) is 0 Å². The highest BCUT2D eigenvalue weighted by atomic mass is 16.5. The van der Waals surface area contributed by atoms with E-state index in [1.807, 2.05) is 0 Å². The summed E-state index contributed by atoms with van der Waals surface area (Å²) in [6.07, 6.45) is 0. The van der Waals surface area contributed by atoms with E-state index >= 15 is 0 Å². The highest BCUT2D eigenvalue weighted by molar-refractivity contribution is 5.92. The number of piperazine rings is 1. The second-order valence-corrected chi connectivity index (χ2v) is 5.53. The fraction of sp³-hybridized carbons (Fsp3) is 0.769. The Balaban J connectivity index is 2.91. The van der Waals surface area contributed by atoms with E-state index < -0.39 is 24.1 Å². The third-order valence-electron chi connectivity index (χ3n) is 3.60. The van der Waals surface area contributed by atoms with Gasteiger partial charge in [-0.05, 0) is 13.8 Å². The van der Waals surface area contributed by atoms with Crippen molar-refractivity contribution >= 4 is 17.9 Å². The summed E-state index contributed by atoms with van der Waals surface area (Å²) in [6, 6.07) is -0.457. The van der Waals surface area contributed by atoms with Gasteiger partial charge in [-0.2, -0.15) is 0 Å². The van der Waals surface area contributed by atoms with Crippen LogP contribution in [0.4, 0.5) is 4.79 Å². The molecule has 0 aliphatic carbocycles. The van der Waals surface area contributed by atoms with E-state index in [0.29, 0.717) is 13.1 Å². The SMILES string of the molecule is COCCN(CC(=O)O)C(=O)N1CCN(C)C(=O)C1(C)C. The molecule has 0 aromatic heterocycles. The molecule has 0 unspecified atom stereocenters. The lowest BCUT2D eigenvalue weighted by atomic mass is 9.98. The van der Waals surface area contributed by atoms with E-state index in [0.717, 1.165) is 0 Å². The molecule has 3 amide bonds. The summed E-state index contributed by atoms with van der Waals surface area (Å²) >= 11 is 0. The molecular formula is C13H23N3O5. The average molecular weight is 301 g/mol. The van der Waals surface area contributed by atoms with Crippen LogP contribution in [0.25, 0.3) is 0 Å². The lowest BCUT2D eigenvalue weighted by molar-refractivity contribution is -0.145. The Labute approximate surface area is 124 Å². The molecular weight excluding hydrogens is 278 g/mol. The summed E-state index contributed by atoms with van der Waals surface area (Å²) in [7, 11) is 3.17. The molecule has 0 aromatic carbocycles. The Morgan fingerprint density at radius 2 is 2.00 bits per heavy atom. The van der Waals surface area contributed by atoms with Crippen LogP contribution in [0.15, 0.2) is 0 Å². The van der Waals surface area contributed by atoms with Gasteiger partial charge in [0.25, 0.3) is 0 Å². The highest BCUT2D eigenvalue weighted by Gasteiger charge is 2.44. The predicted octanol–water partition coefficient (Wildman–Crippen LogP) is -0.308. The van der Waals surface area contributed by atoms with Gasteiger partial charge in [-0.25, -0.2) is 4.79 Å². The third-order valence-corrected chi connectivity index (χ3v) is 3.60. The van der Waals surface area contributed by atoms with E-state index in [2.05, 4.69) is 0 Å². The molecule has 0 saturated carbocycles. The van der Waals surface area contributed by atoms with Crippen molar-refractivity contribution in [2.24, 2.45) is 0 Å². The second-order valence-electron chi connectivity index (χ2n) is 5.53. The first kappa shape index (κ1) is 17.2. The molecule has 0 spiro atoms. The molecule has 0 aromatic rings.